The third-order valence-corrected chi connectivity index (χ3v) is 3.93. The molecule has 3 aromatic carbocycles. The highest BCUT2D eigenvalue weighted by atomic mass is 14.2. The zero-order chi connectivity index (χ0) is 12.1. The Hall–Kier alpha value is -2.08. The first-order valence-electron chi connectivity index (χ1n) is 6.43. The van der Waals surface area contributed by atoms with E-state index in [0.29, 0.717) is 0 Å². The van der Waals surface area contributed by atoms with Gasteiger partial charge in [-0.05, 0) is 46.0 Å². The van der Waals surface area contributed by atoms with Crippen molar-refractivity contribution in [3.05, 3.63) is 65.2 Å². The molecule has 0 fully saturated rings. The van der Waals surface area contributed by atoms with Crippen molar-refractivity contribution in [2.75, 3.05) is 0 Å². The minimum atomic E-state index is 1.10. The lowest BCUT2D eigenvalue weighted by Gasteiger charge is -2.08. The Morgan fingerprint density at radius 2 is 1.61 bits per heavy atom. The van der Waals surface area contributed by atoms with Gasteiger partial charge in [-0.2, -0.15) is 0 Å². The van der Waals surface area contributed by atoms with Gasteiger partial charge in [-0.15, -0.1) is 0 Å². The van der Waals surface area contributed by atoms with Gasteiger partial charge in [0.25, 0.3) is 0 Å². The maximum Gasteiger partial charge on any atom is -0.00544 e. The monoisotopic (exact) mass is 230 g/mol. The van der Waals surface area contributed by atoms with E-state index in [0.717, 1.165) is 6.42 Å². The first-order valence-corrected chi connectivity index (χ1v) is 6.43. The Morgan fingerprint density at radius 1 is 0.778 bits per heavy atom. The van der Waals surface area contributed by atoms with Crippen LogP contribution in [-0.4, -0.2) is 0 Å². The minimum absolute atomic E-state index is 1.10. The third-order valence-electron chi connectivity index (χ3n) is 3.93. The third kappa shape index (κ3) is 1.26. The van der Waals surface area contributed by atoms with Crippen LogP contribution in [0.1, 0.15) is 18.1 Å². The number of hydrogen-bond acceptors (Lipinski definition) is 0. The molecule has 0 atom stereocenters. The largest absolute Gasteiger partial charge is 0.0683 e. The molecule has 18 heavy (non-hydrogen) atoms. The van der Waals surface area contributed by atoms with Crippen LogP contribution < -0.4 is 0 Å². The van der Waals surface area contributed by atoms with Crippen molar-refractivity contribution < 1.29 is 0 Å². The van der Waals surface area contributed by atoms with Crippen molar-refractivity contribution in [1.82, 2.24) is 0 Å². The van der Waals surface area contributed by atoms with Crippen LogP contribution in [0.4, 0.5) is 0 Å². The van der Waals surface area contributed by atoms with E-state index in [-0.39, 0.29) is 0 Å². The molecular formula is C18H14. The van der Waals surface area contributed by atoms with Gasteiger partial charge >= 0.3 is 0 Å². The molecular weight excluding hydrogens is 216 g/mol. The van der Waals surface area contributed by atoms with Gasteiger partial charge in [-0.1, -0.05) is 60.2 Å². The number of rotatable bonds is 0. The predicted molar refractivity (Wildman–Crippen MR) is 78.8 cm³/mol. The summed E-state index contributed by atoms with van der Waals surface area (Å²) in [6.45, 7) is 2.22. The molecule has 0 unspecified atom stereocenters. The SMILES string of the molecule is CC1=Cc2ccc3c(ccc4ccccc43)c2C1. The van der Waals surface area contributed by atoms with Crippen LogP contribution in [0.15, 0.2) is 54.1 Å². The lowest BCUT2D eigenvalue weighted by molar-refractivity contribution is 1.21. The topological polar surface area (TPSA) is 0 Å². The summed E-state index contributed by atoms with van der Waals surface area (Å²) in [7, 11) is 0. The highest BCUT2D eigenvalue weighted by molar-refractivity contribution is 6.09. The van der Waals surface area contributed by atoms with E-state index < -0.39 is 0 Å². The molecule has 0 bridgehead atoms. The first-order chi connectivity index (χ1) is 8.83. The molecule has 0 aliphatic heterocycles. The van der Waals surface area contributed by atoms with Crippen LogP contribution in [0.5, 0.6) is 0 Å². The summed E-state index contributed by atoms with van der Waals surface area (Å²) in [5.41, 5.74) is 4.36. The molecule has 0 heteroatoms. The number of hydrogen-bond donors (Lipinski definition) is 0. The molecule has 0 radical (unpaired) electrons. The molecule has 0 spiro atoms. The standard InChI is InChI=1S/C18H14/c1-12-10-14-7-9-16-15-5-3-2-4-13(15)6-8-17(16)18(14)11-12/h2-10H,11H2,1H3. The fourth-order valence-corrected chi connectivity index (χ4v) is 3.10. The van der Waals surface area contributed by atoms with Gasteiger partial charge in [-0.25, -0.2) is 0 Å². The normalized spacial score (nSPS) is 13.9. The van der Waals surface area contributed by atoms with Gasteiger partial charge in [0.15, 0.2) is 0 Å². The van der Waals surface area contributed by atoms with Gasteiger partial charge < -0.3 is 0 Å². The summed E-state index contributed by atoms with van der Waals surface area (Å²) in [4.78, 5) is 0. The summed E-state index contributed by atoms with van der Waals surface area (Å²) in [6.07, 6.45) is 3.41. The average Bonchev–Trinajstić information content (AvgIpc) is 2.79. The first kappa shape index (κ1) is 9.90. The van der Waals surface area contributed by atoms with Crippen LogP contribution in [0.25, 0.3) is 27.6 Å². The summed E-state index contributed by atoms with van der Waals surface area (Å²) >= 11 is 0. The Labute approximate surface area is 107 Å². The molecule has 1 aliphatic rings. The van der Waals surface area contributed by atoms with E-state index in [4.69, 9.17) is 0 Å². The second kappa shape index (κ2) is 3.46. The fourth-order valence-electron chi connectivity index (χ4n) is 3.10. The quantitative estimate of drug-likeness (QED) is 0.479. The van der Waals surface area contributed by atoms with Crippen molar-refractivity contribution in [3.8, 4) is 0 Å². The van der Waals surface area contributed by atoms with Crippen LogP contribution in [0, 0.1) is 0 Å². The van der Waals surface area contributed by atoms with Crippen molar-refractivity contribution in [2.45, 2.75) is 13.3 Å². The van der Waals surface area contributed by atoms with Gasteiger partial charge in [-0.3, -0.25) is 0 Å². The molecule has 0 aromatic heterocycles. The molecule has 0 saturated heterocycles. The van der Waals surface area contributed by atoms with Gasteiger partial charge in [0.05, 0.1) is 0 Å². The van der Waals surface area contributed by atoms with Crippen molar-refractivity contribution >= 4 is 27.6 Å². The minimum Gasteiger partial charge on any atom is -0.0683 e. The molecule has 0 amide bonds. The number of benzene rings is 3. The van der Waals surface area contributed by atoms with E-state index >= 15 is 0 Å². The summed E-state index contributed by atoms with van der Waals surface area (Å²) in [5, 5.41) is 5.49. The number of allylic oxidation sites excluding steroid dienone is 1. The Bertz CT molecular complexity index is 807. The van der Waals surface area contributed by atoms with E-state index in [1.165, 1.54) is 38.2 Å². The lowest BCUT2D eigenvalue weighted by Crippen LogP contribution is -1.87. The molecule has 0 heterocycles. The molecule has 4 rings (SSSR count). The maximum atomic E-state index is 2.31. The van der Waals surface area contributed by atoms with Gasteiger partial charge in [0, 0.05) is 0 Å². The zero-order valence-electron chi connectivity index (χ0n) is 10.4. The lowest BCUT2D eigenvalue weighted by atomic mass is 9.96. The molecule has 86 valence electrons. The second-order valence-electron chi connectivity index (χ2n) is 5.18. The second-order valence-corrected chi connectivity index (χ2v) is 5.18. The van der Waals surface area contributed by atoms with Crippen molar-refractivity contribution in [1.29, 1.82) is 0 Å². The molecule has 0 saturated carbocycles. The van der Waals surface area contributed by atoms with E-state index in [1.54, 1.807) is 0 Å². The van der Waals surface area contributed by atoms with E-state index in [1.807, 2.05) is 0 Å². The molecule has 1 aliphatic carbocycles. The highest BCUT2D eigenvalue weighted by Gasteiger charge is 2.13. The van der Waals surface area contributed by atoms with Gasteiger partial charge in [0.1, 0.15) is 0 Å². The smallest absolute Gasteiger partial charge is 0.00544 e. The molecule has 0 N–H and O–H groups in total. The summed E-state index contributed by atoms with van der Waals surface area (Å²) in [5.74, 6) is 0. The maximum absolute atomic E-state index is 2.31. The van der Waals surface area contributed by atoms with Crippen LogP contribution in [0.2, 0.25) is 0 Å². The van der Waals surface area contributed by atoms with E-state index in [2.05, 4.69) is 61.5 Å². The molecule has 3 aromatic rings. The van der Waals surface area contributed by atoms with Crippen LogP contribution in [-0.2, 0) is 6.42 Å². The van der Waals surface area contributed by atoms with Crippen LogP contribution >= 0.6 is 0 Å². The Morgan fingerprint density at radius 3 is 2.56 bits per heavy atom. The summed E-state index contributed by atoms with van der Waals surface area (Å²) < 4.78 is 0. The fraction of sp³-hybridized carbons (Fsp3) is 0.111. The predicted octanol–water partition coefficient (Wildman–Crippen LogP) is 4.95. The Kier molecular flexibility index (Phi) is 1.90. The summed E-state index contributed by atoms with van der Waals surface area (Å²) in [6, 6.07) is 17.7. The van der Waals surface area contributed by atoms with Crippen LogP contribution in [0.3, 0.4) is 0 Å². The van der Waals surface area contributed by atoms with Crippen molar-refractivity contribution in [2.24, 2.45) is 0 Å². The highest BCUT2D eigenvalue weighted by Crippen LogP contribution is 2.34. The Balaban J connectivity index is 2.16. The van der Waals surface area contributed by atoms with Crippen molar-refractivity contribution in [3.63, 3.8) is 0 Å². The zero-order valence-corrected chi connectivity index (χ0v) is 10.4. The number of fused-ring (bicyclic) bond motifs is 5. The average molecular weight is 230 g/mol. The molecule has 0 nitrogen and oxygen atoms in total. The van der Waals surface area contributed by atoms with Gasteiger partial charge in [0.2, 0.25) is 0 Å². The van der Waals surface area contributed by atoms with E-state index in [9.17, 15) is 0 Å².